The molecule has 1 saturated carbocycles. The van der Waals surface area contributed by atoms with Crippen LogP contribution in [-0.4, -0.2) is 76.0 Å². The third-order valence-electron chi connectivity index (χ3n) is 8.32. The van der Waals surface area contributed by atoms with E-state index in [9.17, 15) is 34.2 Å². The highest BCUT2D eigenvalue weighted by Gasteiger charge is 2.62. The Hall–Kier alpha value is -3.83. The molecule has 9 atom stereocenters. The summed E-state index contributed by atoms with van der Waals surface area (Å²) in [5.74, 6) is -6.63. The molecule has 44 heavy (non-hydrogen) atoms. The van der Waals surface area contributed by atoms with Crippen LogP contribution in [0, 0.1) is 23.2 Å². The van der Waals surface area contributed by atoms with Crippen LogP contribution in [0.25, 0.3) is 0 Å². The van der Waals surface area contributed by atoms with Gasteiger partial charge in [-0.2, -0.15) is 0 Å². The van der Waals surface area contributed by atoms with Crippen LogP contribution < -0.4 is 0 Å². The number of esters is 4. The van der Waals surface area contributed by atoms with Gasteiger partial charge in [0.25, 0.3) is 0 Å². The van der Waals surface area contributed by atoms with Crippen LogP contribution in [0.15, 0.2) is 54.6 Å². The second kappa shape index (κ2) is 13.4. The van der Waals surface area contributed by atoms with Gasteiger partial charge in [-0.3, -0.25) is 19.2 Å². The molecule has 0 spiro atoms. The van der Waals surface area contributed by atoms with Gasteiger partial charge in [0, 0.05) is 37.7 Å². The molecule has 0 heterocycles. The molecule has 2 aliphatic rings. The fourth-order valence-electron chi connectivity index (χ4n) is 6.18. The van der Waals surface area contributed by atoms with E-state index in [1.807, 2.05) is 0 Å². The monoisotopic (exact) mass is 614 g/mol. The molecule has 0 radical (unpaired) electrons. The summed E-state index contributed by atoms with van der Waals surface area (Å²) in [6.45, 7) is 13.8. The summed E-state index contributed by atoms with van der Waals surface area (Å²) in [6, 6.07) is 8.13. The molecule has 0 amide bonds. The van der Waals surface area contributed by atoms with E-state index in [1.54, 1.807) is 64.1 Å². The van der Waals surface area contributed by atoms with Crippen LogP contribution in [0.2, 0.25) is 0 Å². The van der Waals surface area contributed by atoms with Gasteiger partial charge in [0.15, 0.2) is 11.9 Å². The van der Waals surface area contributed by atoms with E-state index >= 15 is 0 Å². The van der Waals surface area contributed by atoms with Crippen molar-refractivity contribution < 1.29 is 53.1 Å². The van der Waals surface area contributed by atoms with Gasteiger partial charge in [-0.1, -0.05) is 50.8 Å². The Bertz CT molecular complexity index is 1320. The molecule has 2 aliphatic carbocycles. The van der Waals surface area contributed by atoms with Crippen molar-refractivity contribution >= 4 is 29.7 Å². The van der Waals surface area contributed by atoms with Crippen LogP contribution >= 0.6 is 0 Å². The lowest BCUT2D eigenvalue weighted by Gasteiger charge is -2.44. The van der Waals surface area contributed by atoms with E-state index in [0.29, 0.717) is 0 Å². The molecule has 0 aromatic heterocycles. The molecule has 3 unspecified atom stereocenters. The van der Waals surface area contributed by atoms with Gasteiger partial charge in [-0.15, -0.1) is 0 Å². The quantitative estimate of drug-likeness (QED) is 0.285. The number of allylic oxidation sites excluding steroid dienone is 1. The van der Waals surface area contributed by atoms with E-state index in [2.05, 4.69) is 6.58 Å². The summed E-state index contributed by atoms with van der Waals surface area (Å²) in [7, 11) is 0. The number of fused-ring (bicyclic) bond motifs is 1. The zero-order valence-electron chi connectivity index (χ0n) is 26.1. The number of carbonyl (C=O) groups excluding carboxylic acids is 5. The van der Waals surface area contributed by atoms with Crippen molar-refractivity contribution in [3.05, 3.63) is 60.2 Å². The maximum absolute atomic E-state index is 13.9. The summed E-state index contributed by atoms with van der Waals surface area (Å²) in [5, 5.41) is 24.0. The maximum atomic E-state index is 13.9. The van der Waals surface area contributed by atoms with E-state index < -0.39 is 89.0 Å². The predicted molar refractivity (Wildman–Crippen MR) is 157 cm³/mol. The molecular formula is C33H42O11. The fourth-order valence-corrected chi connectivity index (χ4v) is 6.18. The molecule has 240 valence electrons. The minimum atomic E-state index is -2.04. The molecule has 11 heteroatoms. The number of aliphatic hydroxyl groups excluding tert-OH is 1. The Morgan fingerprint density at radius 2 is 1.39 bits per heavy atom. The topological polar surface area (TPSA) is 163 Å². The standard InChI is InChI=1S/C33H42O11/c1-17-14-15-32(7,8)30(38)28(43-22(6)36)27(42-21(5)35)19(3)26(41-20(4)34)24-25(18(2)16-33(24,40)29(17)37)44-31(39)23-12-10-9-11-13-23/h9-15,17-18,24-29,37,40H,3,16H2,1-2,4-8H3/b15-14+/t17-,18+,24-,25+,26?,27?,28?,29+,33-/m1/s1. The zero-order valence-corrected chi connectivity index (χ0v) is 26.1. The second-order valence-electron chi connectivity index (χ2n) is 12.3. The third-order valence-corrected chi connectivity index (χ3v) is 8.32. The Labute approximate surface area is 257 Å². The number of Topliss-reactive ketones (excluding diaryl/α,β-unsaturated/α-hetero) is 1. The van der Waals surface area contributed by atoms with Crippen molar-refractivity contribution in [1.82, 2.24) is 0 Å². The highest BCUT2D eigenvalue weighted by molar-refractivity contribution is 5.93. The van der Waals surface area contributed by atoms with Crippen molar-refractivity contribution in [3.8, 4) is 0 Å². The number of carbonyl (C=O) groups is 5. The van der Waals surface area contributed by atoms with Gasteiger partial charge in [-0.25, -0.2) is 4.79 Å². The first-order valence-corrected chi connectivity index (χ1v) is 14.5. The van der Waals surface area contributed by atoms with Crippen LogP contribution in [0.3, 0.4) is 0 Å². The molecule has 1 aromatic rings. The number of hydrogen-bond donors (Lipinski definition) is 2. The highest BCUT2D eigenvalue weighted by Crippen LogP contribution is 2.50. The SMILES string of the molecule is C=C1C(OC(C)=O)C(OC(C)=O)C(=O)C(C)(C)/C=C/[C@@H](C)[C@H](O)[C@@]2(O)C[C@H](C)[C@H](OC(=O)c3ccccc3)[C@@H]2C1OC(C)=O. The van der Waals surface area contributed by atoms with Crippen LogP contribution in [-0.2, 0) is 38.1 Å². The Kier molecular flexibility index (Phi) is 10.6. The number of benzene rings is 1. The lowest BCUT2D eigenvalue weighted by Crippen LogP contribution is -2.58. The van der Waals surface area contributed by atoms with E-state index in [-0.39, 0.29) is 17.6 Å². The summed E-state index contributed by atoms with van der Waals surface area (Å²) in [5.41, 5.74) is -3.35. The largest absolute Gasteiger partial charge is 0.458 e. The smallest absolute Gasteiger partial charge is 0.338 e. The summed E-state index contributed by atoms with van der Waals surface area (Å²) < 4.78 is 22.7. The molecule has 3 rings (SSSR count). The van der Waals surface area contributed by atoms with Gasteiger partial charge < -0.3 is 29.2 Å². The number of hydrogen-bond acceptors (Lipinski definition) is 11. The zero-order chi connectivity index (χ0) is 33.1. The summed E-state index contributed by atoms with van der Waals surface area (Å²) in [4.78, 5) is 64.4. The summed E-state index contributed by atoms with van der Waals surface area (Å²) in [6.07, 6.45) is -4.66. The van der Waals surface area contributed by atoms with Crippen molar-refractivity contribution in [3.63, 3.8) is 0 Å². The average Bonchev–Trinajstić information content (AvgIpc) is 3.20. The number of ether oxygens (including phenoxy) is 4. The van der Waals surface area contributed by atoms with Crippen molar-refractivity contribution in [2.45, 2.75) is 91.0 Å². The first-order valence-electron chi connectivity index (χ1n) is 14.5. The third kappa shape index (κ3) is 7.27. The molecule has 1 aromatic carbocycles. The minimum absolute atomic E-state index is 0.0806. The van der Waals surface area contributed by atoms with E-state index in [0.717, 1.165) is 20.8 Å². The molecule has 0 bridgehead atoms. The first kappa shape index (κ1) is 34.7. The second-order valence-corrected chi connectivity index (χ2v) is 12.3. The van der Waals surface area contributed by atoms with Crippen LogP contribution in [0.1, 0.15) is 65.2 Å². The molecular weight excluding hydrogens is 572 g/mol. The fraction of sp³-hybridized carbons (Fsp3) is 0.545. The van der Waals surface area contributed by atoms with Gasteiger partial charge >= 0.3 is 23.9 Å². The minimum Gasteiger partial charge on any atom is -0.458 e. The Balaban J connectivity index is 2.31. The Morgan fingerprint density at radius 1 is 0.864 bits per heavy atom. The van der Waals surface area contributed by atoms with Gasteiger partial charge in [0.1, 0.15) is 17.8 Å². The van der Waals surface area contributed by atoms with Crippen molar-refractivity contribution in [1.29, 1.82) is 0 Å². The molecule has 0 aliphatic heterocycles. The van der Waals surface area contributed by atoms with Crippen molar-refractivity contribution in [2.24, 2.45) is 23.2 Å². The number of rotatable bonds is 5. The van der Waals surface area contributed by atoms with Gasteiger partial charge in [0.2, 0.25) is 6.10 Å². The van der Waals surface area contributed by atoms with Crippen LogP contribution in [0.4, 0.5) is 0 Å². The maximum Gasteiger partial charge on any atom is 0.338 e. The lowest BCUT2D eigenvalue weighted by molar-refractivity contribution is -0.179. The predicted octanol–water partition coefficient (Wildman–Crippen LogP) is 3.11. The summed E-state index contributed by atoms with van der Waals surface area (Å²) >= 11 is 0. The molecule has 1 fully saturated rings. The average molecular weight is 615 g/mol. The Morgan fingerprint density at radius 3 is 1.93 bits per heavy atom. The van der Waals surface area contributed by atoms with Gasteiger partial charge in [0.05, 0.1) is 17.6 Å². The molecule has 0 saturated heterocycles. The normalized spacial score (nSPS) is 34.4. The van der Waals surface area contributed by atoms with Crippen molar-refractivity contribution in [2.75, 3.05) is 0 Å². The van der Waals surface area contributed by atoms with Crippen LogP contribution in [0.5, 0.6) is 0 Å². The molecule has 2 N–H and O–H groups in total. The number of aliphatic hydroxyl groups is 2. The number of ketones is 1. The molecule has 11 nitrogen and oxygen atoms in total. The first-order chi connectivity index (χ1) is 20.4. The highest BCUT2D eigenvalue weighted by atomic mass is 16.6. The van der Waals surface area contributed by atoms with E-state index in [4.69, 9.17) is 18.9 Å². The van der Waals surface area contributed by atoms with Gasteiger partial charge in [-0.05, 0) is 38.3 Å². The van der Waals surface area contributed by atoms with E-state index in [1.165, 1.54) is 6.08 Å². The lowest BCUT2D eigenvalue weighted by atomic mass is 9.72.